The molecule has 0 radical (unpaired) electrons. The van der Waals surface area contributed by atoms with Crippen molar-refractivity contribution in [3.05, 3.63) is 23.8 Å². The zero-order valence-corrected chi connectivity index (χ0v) is 15.4. The molecule has 7 nitrogen and oxygen atoms in total. The second-order valence-corrected chi connectivity index (χ2v) is 6.67. The summed E-state index contributed by atoms with van der Waals surface area (Å²) in [6.07, 6.45) is -0.303. The fraction of sp³-hybridized carbons (Fsp3) is 0.556. The Balaban J connectivity index is 2.18. The van der Waals surface area contributed by atoms with Crippen LogP contribution in [-0.2, 0) is 4.74 Å². The van der Waals surface area contributed by atoms with Crippen LogP contribution in [0.1, 0.15) is 30.6 Å². The van der Waals surface area contributed by atoms with Crippen LogP contribution in [-0.4, -0.2) is 54.9 Å². The van der Waals surface area contributed by atoms with Gasteiger partial charge in [-0.25, -0.2) is 9.59 Å². The Bertz CT molecular complexity index is 686. The van der Waals surface area contributed by atoms with Crippen LogP contribution in [0.4, 0.5) is 19.3 Å². The van der Waals surface area contributed by atoms with Crippen LogP contribution >= 0.6 is 0 Å². The number of rotatable bonds is 6. The molecule has 3 atom stereocenters. The van der Waals surface area contributed by atoms with Crippen LogP contribution in [0.2, 0.25) is 0 Å². The van der Waals surface area contributed by atoms with Crippen molar-refractivity contribution >= 4 is 17.7 Å². The Hall–Kier alpha value is -2.58. The number of carbonyl (C=O) groups is 2. The molecule has 9 heteroatoms. The fourth-order valence-electron chi connectivity index (χ4n) is 3.52. The molecule has 0 bridgehead atoms. The summed E-state index contributed by atoms with van der Waals surface area (Å²) in [6, 6.07) is 3.91. The first-order valence-electron chi connectivity index (χ1n) is 8.64. The SMILES string of the molecule is COC(=O)c1ccc(OC(F)F)c(NC(C)[C@H]2CCN(C(=O)O)C[C@H]2C)c1. The molecule has 0 aliphatic carbocycles. The molecule has 1 fully saturated rings. The minimum Gasteiger partial charge on any atom is -0.465 e. The molecular weight excluding hydrogens is 362 g/mol. The molecule has 1 unspecified atom stereocenters. The Labute approximate surface area is 156 Å². The summed E-state index contributed by atoms with van der Waals surface area (Å²) in [4.78, 5) is 24.2. The maximum absolute atomic E-state index is 12.7. The number of hydrogen-bond acceptors (Lipinski definition) is 5. The third-order valence-electron chi connectivity index (χ3n) is 4.88. The van der Waals surface area contributed by atoms with Gasteiger partial charge in [0.15, 0.2) is 0 Å². The quantitative estimate of drug-likeness (QED) is 0.728. The minimum absolute atomic E-state index is 0.0693. The number of benzene rings is 1. The van der Waals surface area contributed by atoms with Crippen LogP contribution in [0.5, 0.6) is 5.75 Å². The lowest BCUT2D eigenvalue weighted by Gasteiger charge is -2.39. The lowest BCUT2D eigenvalue weighted by molar-refractivity contribution is -0.0494. The van der Waals surface area contributed by atoms with Gasteiger partial charge in [0.1, 0.15) is 5.75 Å². The minimum atomic E-state index is -3.00. The normalized spacial score (nSPS) is 20.9. The second-order valence-electron chi connectivity index (χ2n) is 6.67. The smallest absolute Gasteiger partial charge is 0.407 e. The molecule has 1 saturated heterocycles. The van der Waals surface area contributed by atoms with Gasteiger partial charge in [0.05, 0.1) is 18.4 Å². The maximum atomic E-state index is 12.7. The highest BCUT2D eigenvalue weighted by Gasteiger charge is 2.32. The topological polar surface area (TPSA) is 88.1 Å². The van der Waals surface area contributed by atoms with E-state index in [1.54, 1.807) is 0 Å². The first kappa shape index (κ1) is 20.7. The van der Waals surface area contributed by atoms with E-state index in [0.717, 1.165) is 0 Å². The number of carboxylic acid groups (broad SMARTS) is 1. The van der Waals surface area contributed by atoms with Gasteiger partial charge in [0.2, 0.25) is 0 Å². The van der Waals surface area contributed by atoms with Gasteiger partial charge in [0.25, 0.3) is 0 Å². The summed E-state index contributed by atoms with van der Waals surface area (Å²) in [7, 11) is 1.24. The lowest BCUT2D eigenvalue weighted by Crippen LogP contribution is -2.46. The number of ether oxygens (including phenoxy) is 2. The fourth-order valence-corrected chi connectivity index (χ4v) is 3.52. The van der Waals surface area contributed by atoms with Gasteiger partial charge in [-0.2, -0.15) is 8.78 Å². The third-order valence-corrected chi connectivity index (χ3v) is 4.88. The number of nitrogens with zero attached hydrogens (tertiary/aromatic N) is 1. The van der Waals surface area contributed by atoms with Crippen molar-refractivity contribution < 1.29 is 33.0 Å². The van der Waals surface area contributed by atoms with Crippen molar-refractivity contribution in [2.75, 3.05) is 25.5 Å². The number of alkyl halides is 2. The average Bonchev–Trinajstić information content (AvgIpc) is 2.61. The summed E-state index contributed by atoms with van der Waals surface area (Å²) in [5.74, 6) is -0.444. The number of methoxy groups -OCH3 is 1. The average molecular weight is 386 g/mol. The van der Waals surface area contributed by atoms with E-state index in [1.807, 2.05) is 13.8 Å². The maximum Gasteiger partial charge on any atom is 0.407 e. The third kappa shape index (κ3) is 5.21. The molecule has 2 rings (SSSR count). The largest absolute Gasteiger partial charge is 0.465 e. The van der Waals surface area contributed by atoms with Crippen molar-refractivity contribution in [3.63, 3.8) is 0 Å². The molecule has 1 heterocycles. The van der Waals surface area contributed by atoms with Gasteiger partial charge in [-0.05, 0) is 43.4 Å². The van der Waals surface area contributed by atoms with Crippen LogP contribution in [0.15, 0.2) is 18.2 Å². The summed E-state index contributed by atoms with van der Waals surface area (Å²) in [5, 5.41) is 12.3. The van der Waals surface area contributed by atoms with E-state index in [9.17, 15) is 18.4 Å². The number of amides is 1. The Morgan fingerprint density at radius 1 is 1.37 bits per heavy atom. The van der Waals surface area contributed by atoms with Gasteiger partial charge < -0.3 is 24.8 Å². The van der Waals surface area contributed by atoms with E-state index in [-0.39, 0.29) is 34.9 Å². The van der Waals surface area contributed by atoms with Gasteiger partial charge in [0, 0.05) is 19.1 Å². The summed E-state index contributed by atoms with van der Waals surface area (Å²) < 4.78 is 34.6. The standard InChI is InChI=1S/C18H24F2N2O5/c1-10-9-22(18(24)25)7-6-13(10)11(2)21-14-8-12(16(23)26-3)4-5-15(14)27-17(19)20/h4-5,8,10-11,13,17,21H,6-7,9H2,1-3H3,(H,24,25)/t10-,11?,13+/m1/s1. The number of carbonyl (C=O) groups excluding carboxylic acids is 1. The Morgan fingerprint density at radius 2 is 2.07 bits per heavy atom. The van der Waals surface area contributed by atoms with E-state index in [4.69, 9.17) is 5.11 Å². The monoisotopic (exact) mass is 386 g/mol. The van der Waals surface area contributed by atoms with E-state index < -0.39 is 18.7 Å². The highest BCUT2D eigenvalue weighted by molar-refractivity contribution is 5.91. The molecule has 1 amide bonds. The molecule has 1 aromatic rings. The summed E-state index contributed by atoms with van der Waals surface area (Å²) in [6.45, 7) is 1.68. The number of esters is 1. The molecule has 1 aromatic carbocycles. The molecule has 1 aliphatic heterocycles. The summed E-state index contributed by atoms with van der Waals surface area (Å²) in [5.41, 5.74) is 0.473. The molecule has 1 aliphatic rings. The van der Waals surface area contributed by atoms with Crippen molar-refractivity contribution in [2.45, 2.75) is 32.9 Å². The summed E-state index contributed by atoms with van der Waals surface area (Å²) >= 11 is 0. The predicted molar refractivity (Wildman–Crippen MR) is 94.4 cm³/mol. The molecule has 0 aromatic heterocycles. The second kappa shape index (κ2) is 8.88. The van der Waals surface area contributed by atoms with E-state index >= 15 is 0 Å². The number of halogens is 2. The molecular formula is C18H24F2N2O5. The zero-order valence-electron chi connectivity index (χ0n) is 15.4. The van der Waals surface area contributed by atoms with Crippen molar-refractivity contribution in [1.82, 2.24) is 4.90 Å². The predicted octanol–water partition coefficient (Wildman–Crippen LogP) is 3.51. The van der Waals surface area contributed by atoms with Gasteiger partial charge in [-0.1, -0.05) is 6.92 Å². The molecule has 2 N–H and O–H groups in total. The molecule has 0 saturated carbocycles. The van der Waals surface area contributed by atoms with Gasteiger partial charge in [-0.15, -0.1) is 0 Å². The van der Waals surface area contributed by atoms with Crippen molar-refractivity contribution in [2.24, 2.45) is 11.8 Å². The number of piperidine rings is 1. The first-order valence-corrected chi connectivity index (χ1v) is 8.64. The zero-order chi connectivity index (χ0) is 20.1. The van der Waals surface area contributed by atoms with E-state index in [2.05, 4.69) is 14.8 Å². The number of anilines is 1. The van der Waals surface area contributed by atoms with Crippen LogP contribution in [0, 0.1) is 11.8 Å². The molecule has 0 spiro atoms. The molecule has 27 heavy (non-hydrogen) atoms. The van der Waals surface area contributed by atoms with Crippen molar-refractivity contribution in [1.29, 1.82) is 0 Å². The number of nitrogens with one attached hydrogen (secondary N) is 1. The van der Waals surface area contributed by atoms with Gasteiger partial charge >= 0.3 is 18.7 Å². The number of likely N-dealkylation sites (tertiary alicyclic amines) is 1. The van der Waals surface area contributed by atoms with Crippen LogP contribution in [0.25, 0.3) is 0 Å². The highest BCUT2D eigenvalue weighted by Crippen LogP contribution is 2.32. The molecule has 150 valence electrons. The van der Waals surface area contributed by atoms with Crippen LogP contribution in [0.3, 0.4) is 0 Å². The highest BCUT2D eigenvalue weighted by atomic mass is 19.3. The first-order chi connectivity index (χ1) is 12.7. The number of hydrogen-bond donors (Lipinski definition) is 2. The van der Waals surface area contributed by atoms with E-state index in [1.165, 1.54) is 30.2 Å². The van der Waals surface area contributed by atoms with Gasteiger partial charge in [-0.3, -0.25) is 0 Å². The van der Waals surface area contributed by atoms with Crippen LogP contribution < -0.4 is 10.1 Å². The van der Waals surface area contributed by atoms with Crippen molar-refractivity contribution in [3.8, 4) is 5.75 Å². The Kier molecular flexibility index (Phi) is 6.81. The lowest BCUT2D eigenvalue weighted by atomic mass is 9.82. The Morgan fingerprint density at radius 3 is 2.63 bits per heavy atom. The van der Waals surface area contributed by atoms with E-state index in [0.29, 0.717) is 19.5 Å².